The summed E-state index contributed by atoms with van der Waals surface area (Å²) >= 11 is 0. The number of halogens is 3. The summed E-state index contributed by atoms with van der Waals surface area (Å²) in [6.07, 6.45) is -6.87. The topological polar surface area (TPSA) is 78.9 Å². The van der Waals surface area contributed by atoms with Crippen LogP contribution in [0.3, 0.4) is 0 Å². The summed E-state index contributed by atoms with van der Waals surface area (Å²) in [5, 5.41) is 12.6. The maximum Gasteiger partial charge on any atom is 0.391 e. The highest BCUT2D eigenvalue weighted by molar-refractivity contribution is 5.81. The van der Waals surface area contributed by atoms with E-state index in [4.69, 9.17) is 4.84 Å². The minimum Gasteiger partial charge on any atom is -0.381 e. The Kier molecular flexibility index (Phi) is 8.54. The van der Waals surface area contributed by atoms with Crippen LogP contribution in [0.2, 0.25) is 0 Å². The molecule has 0 bridgehead atoms. The van der Waals surface area contributed by atoms with Crippen molar-refractivity contribution >= 4 is 12.3 Å². The molecule has 136 valence electrons. The first-order valence-corrected chi connectivity index (χ1v) is 7.36. The number of carbonyl (C=O) groups is 2. The number of unbranched alkanes of at least 4 members (excludes halogenated alkanes) is 1. The van der Waals surface area contributed by atoms with Crippen LogP contribution in [0.4, 0.5) is 13.2 Å². The van der Waals surface area contributed by atoms with Crippen LogP contribution in [0.5, 0.6) is 0 Å². The summed E-state index contributed by atoms with van der Waals surface area (Å²) in [6.45, 7) is 6.69. The molecule has 2 unspecified atom stereocenters. The Bertz CT molecular complexity index is 383. The first-order chi connectivity index (χ1) is 10.4. The number of hydroxylamine groups is 2. The van der Waals surface area contributed by atoms with E-state index in [9.17, 15) is 27.9 Å². The van der Waals surface area contributed by atoms with E-state index in [2.05, 4.69) is 5.32 Å². The van der Waals surface area contributed by atoms with Gasteiger partial charge in [-0.3, -0.25) is 14.4 Å². The van der Waals surface area contributed by atoms with Gasteiger partial charge in [0.05, 0.1) is 12.0 Å². The Balaban J connectivity index is 5.17. The van der Waals surface area contributed by atoms with Gasteiger partial charge >= 0.3 is 6.18 Å². The number of amides is 2. The molecule has 9 heteroatoms. The van der Waals surface area contributed by atoms with Crippen molar-refractivity contribution in [2.45, 2.75) is 70.9 Å². The number of nitrogens with one attached hydrogen (secondary N) is 1. The zero-order chi connectivity index (χ0) is 18.3. The van der Waals surface area contributed by atoms with E-state index in [1.165, 1.54) is 20.8 Å². The molecule has 23 heavy (non-hydrogen) atoms. The van der Waals surface area contributed by atoms with Crippen LogP contribution in [0, 0.1) is 0 Å². The quantitative estimate of drug-likeness (QED) is 0.380. The van der Waals surface area contributed by atoms with Crippen LogP contribution >= 0.6 is 0 Å². The number of aliphatic hydroxyl groups is 1. The minimum atomic E-state index is -4.68. The lowest BCUT2D eigenvalue weighted by molar-refractivity contribution is -0.257. The molecule has 0 aromatic carbocycles. The molecule has 0 rings (SSSR count). The molecule has 0 aliphatic heterocycles. The Labute approximate surface area is 133 Å². The summed E-state index contributed by atoms with van der Waals surface area (Å²) < 4.78 is 38.2. The number of aliphatic hydroxyl groups excluding tert-OH is 1. The second kappa shape index (κ2) is 9.07. The Morgan fingerprint density at radius 2 is 1.91 bits per heavy atom. The smallest absolute Gasteiger partial charge is 0.381 e. The lowest BCUT2D eigenvalue weighted by atomic mass is 10.1. The fourth-order valence-electron chi connectivity index (χ4n) is 1.73. The molecular weight excluding hydrogens is 317 g/mol. The zero-order valence-corrected chi connectivity index (χ0v) is 13.8. The predicted molar refractivity (Wildman–Crippen MR) is 77.1 cm³/mol. The van der Waals surface area contributed by atoms with E-state index in [1.807, 2.05) is 6.92 Å². The van der Waals surface area contributed by atoms with Crippen molar-refractivity contribution in [2.75, 3.05) is 6.54 Å². The zero-order valence-electron chi connectivity index (χ0n) is 13.8. The monoisotopic (exact) mass is 342 g/mol. The second-order valence-electron chi connectivity index (χ2n) is 6.15. The van der Waals surface area contributed by atoms with E-state index in [1.54, 1.807) is 0 Å². The van der Waals surface area contributed by atoms with Crippen LogP contribution in [0.15, 0.2) is 0 Å². The van der Waals surface area contributed by atoms with E-state index in [0.717, 1.165) is 6.42 Å². The maximum atomic E-state index is 12.7. The van der Waals surface area contributed by atoms with Crippen LogP contribution in [0.1, 0.15) is 47.0 Å². The summed E-state index contributed by atoms with van der Waals surface area (Å²) in [4.78, 5) is 28.0. The Hall–Kier alpha value is -1.35. The molecule has 2 N–H and O–H groups in total. The summed E-state index contributed by atoms with van der Waals surface area (Å²) in [7, 11) is 0. The van der Waals surface area contributed by atoms with Gasteiger partial charge in [0.1, 0.15) is 6.04 Å². The summed E-state index contributed by atoms with van der Waals surface area (Å²) in [6, 6.07) is -1.87. The normalized spacial score (nSPS) is 15.0. The van der Waals surface area contributed by atoms with Gasteiger partial charge < -0.3 is 10.4 Å². The summed E-state index contributed by atoms with van der Waals surface area (Å²) in [5.74, 6) is -0.975. The lowest BCUT2D eigenvalue weighted by Gasteiger charge is -2.35. The van der Waals surface area contributed by atoms with Crippen LogP contribution in [-0.4, -0.2) is 53.0 Å². The summed E-state index contributed by atoms with van der Waals surface area (Å²) in [5.41, 5.74) is -0.969. The number of nitrogens with zero attached hydrogens (tertiary/aromatic N) is 1. The molecule has 0 heterocycles. The van der Waals surface area contributed by atoms with Gasteiger partial charge in [-0.1, -0.05) is 13.3 Å². The van der Waals surface area contributed by atoms with Gasteiger partial charge in [-0.15, -0.1) is 0 Å². The van der Waals surface area contributed by atoms with Crippen molar-refractivity contribution in [3.05, 3.63) is 0 Å². The number of alkyl halides is 3. The van der Waals surface area contributed by atoms with Crippen molar-refractivity contribution in [1.82, 2.24) is 10.4 Å². The molecule has 0 saturated carbocycles. The first-order valence-electron chi connectivity index (χ1n) is 7.36. The van der Waals surface area contributed by atoms with E-state index < -0.39 is 36.3 Å². The van der Waals surface area contributed by atoms with Gasteiger partial charge in [0.15, 0.2) is 6.10 Å². The molecule has 2 amide bonds. The van der Waals surface area contributed by atoms with Crippen molar-refractivity contribution in [3.8, 4) is 0 Å². The Morgan fingerprint density at radius 3 is 2.30 bits per heavy atom. The molecule has 0 fully saturated rings. The van der Waals surface area contributed by atoms with Gasteiger partial charge in [-0.05, 0) is 27.2 Å². The van der Waals surface area contributed by atoms with E-state index in [-0.39, 0.29) is 13.0 Å². The van der Waals surface area contributed by atoms with Crippen molar-refractivity contribution in [3.63, 3.8) is 0 Å². The molecule has 0 aromatic rings. The number of rotatable bonds is 9. The van der Waals surface area contributed by atoms with Gasteiger partial charge in [-0.2, -0.15) is 13.2 Å². The molecule has 6 nitrogen and oxygen atoms in total. The molecule has 0 aliphatic rings. The van der Waals surface area contributed by atoms with Crippen molar-refractivity contribution in [2.24, 2.45) is 0 Å². The minimum absolute atomic E-state index is 0.0319. The third-order valence-electron chi connectivity index (χ3n) is 2.71. The average Bonchev–Trinajstić information content (AvgIpc) is 2.39. The molecular formula is C14H25F3N2O4. The largest absolute Gasteiger partial charge is 0.391 e. The second-order valence-corrected chi connectivity index (χ2v) is 6.15. The average molecular weight is 342 g/mol. The SMILES string of the molecule is CCCCNC(=O)C(O)C(CC(F)(F)F)N(C=O)OC(C)(C)C. The van der Waals surface area contributed by atoms with Crippen molar-refractivity contribution < 1.29 is 32.7 Å². The van der Waals surface area contributed by atoms with E-state index >= 15 is 0 Å². The van der Waals surface area contributed by atoms with Crippen molar-refractivity contribution in [1.29, 1.82) is 0 Å². The van der Waals surface area contributed by atoms with Gasteiger partial charge in [0.25, 0.3) is 5.91 Å². The number of carbonyl (C=O) groups excluding carboxylic acids is 2. The van der Waals surface area contributed by atoms with Gasteiger partial charge in [0.2, 0.25) is 6.41 Å². The van der Waals surface area contributed by atoms with Crippen LogP contribution in [0.25, 0.3) is 0 Å². The molecule has 0 aromatic heterocycles. The van der Waals surface area contributed by atoms with E-state index in [0.29, 0.717) is 11.5 Å². The Morgan fingerprint density at radius 1 is 1.35 bits per heavy atom. The molecule has 0 spiro atoms. The third-order valence-corrected chi connectivity index (χ3v) is 2.71. The molecule has 0 aliphatic carbocycles. The van der Waals surface area contributed by atoms with Gasteiger partial charge in [0, 0.05) is 6.54 Å². The highest BCUT2D eigenvalue weighted by Gasteiger charge is 2.42. The van der Waals surface area contributed by atoms with Gasteiger partial charge in [-0.25, -0.2) is 5.06 Å². The number of hydrogen-bond acceptors (Lipinski definition) is 4. The standard InChI is InChI=1S/C14H25F3N2O4/c1-5-6-7-18-12(22)11(21)10(8-14(15,16)17)19(9-20)23-13(2,3)4/h9-11,21H,5-8H2,1-4H3,(H,18,22). The van der Waals surface area contributed by atoms with Crippen LogP contribution in [-0.2, 0) is 14.4 Å². The maximum absolute atomic E-state index is 12.7. The lowest BCUT2D eigenvalue weighted by Crippen LogP contribution is -2.53. The molecule has 0 saturated heterocycles. The van der Waals surface area contributed by atoms with Crippen LogP contribution < -0.4 is 5.32 Å². The highest BCUT2D eigenvalue weighted by atomic mass is 19.4. The molecule has 0 radical (unpaired) electrons. The fraction of sp³-hybridized carbons (Fsp3) is 0.857. The number of hydrogen-bond donors (Lipinski definition) is 2. The highest BCUT2D eigenvalue weighted by Crippen LogP contribution is 2.27. The molecule has 2 atom stereocenters. The fourth-order valence-corrected chi connectivity index (χ4v) is 1.73. The first kappa shape index (κ1) is 21.6. The predicted octanol–water partition coefficient (Wildman–Crippen LogP) is 1.77. The third kappa shape index (κ3) is 9.39.